The number of rotatable bonds is 10. The molecule has 11 aromatic carbocycles. The summed E-state index contributed by atoms with van der Waals surface area (Å²) in [6.45, 7) is 0. The minimum atomic E-state index is -1.96. The first kappa shape index (κ1) is 44.3. The largest absolute Gasteiger partial charge is 0.309 e. The lowest BCUT2D eigenvalue weighted by Gasteiger charge is -2.42. The van der Waals surface area contributed by atoms with Crippen LogP contribution in [0.1, 0.15) is 22.3 Å². The molecule has 1 aliphatic rings. The Morgan fingerprint density at radius 2 is 0.773 bits per heavy atom. The molecule has 354 valence electrons. The lowest BCUT2D eigenvalue weighted by Crippen LogP contribution is -2.28. The van der Waals surface area contributed by atoms with Crippen LogP contribution in [0.2, 0.25) is 0 Å². The molecular formula is C70H48N4S. The van der Waals surface area contributed by atoms with E-state index in [1.807, 2.05) is 18.2 Å². The van der Waals surface area contributed by atoms with Crippen molar-refractivity contribution in [3.63, 3.8) is 0 Å². The highest BCUT2D eigenvalue weighted by Crippen LogP contribution is 2.73. The zero-order chi connectivity index (χ0) is 49.8. The number of aromatic nitrogens is 4. The summed E-state index contributed by atoms with van der Waals surface area (Å²) in [5.41, 5.74) is 13.1. The minimum absolute atomic E-state index is 0.508. The molecule has 0 spiro atoms. The summed E-state index contributed by atoms with van der Waals surface area (Å²) in [7, 11) is -1.96. The van der Waals surface area contributed by atoms with Gasteiger partial charge in [-0.3, -0.25) is 0 Å². The molecule has 0 saturated carbocycles. The highest BCUT2D eigenvalue weighted by molar-refractivity contribution is 8.34. The molecule has 75 heavy (non-hydrogen) atoms. The minimum Gasteiger partial charge on any atom is -0.309 e. The average Bonchev–Trinajstić information content (AvgIpc) is 4.20. The summed E-state index contributed by atoms with van der Waals surface area (Å²) in [5.74, 6) is 1.83. The SMILES string of the molecule is c1ccc(-c2nc(-c3cccc(-n4c5ccccc5c5c6c(ccc54)C(c4ccccc4)(c4ccccc4)c4ccccc4-6)c3)nc(-c3cccc(S(c4ccccc4)(c4ccccc4)c4ccccc4)c3)n2)cc1. The van der Waals surface area contributed by atoms with Crippen molar-refractivity contribution in [1.29, 1.82) is 0 Å². The fourth-order valence-corrected chi connectivity index (χ4v) is 15.8. The maximum atomic E-state index is 5.41. The molecule has 0 amide bonds. The van der Waals surface area contributed by atoms with Crippen LogP contribution in [0.15, 0.2) is 311 Å². The van der Waals surface area contributed by atoms with Crippen molar-refractivity contribution in [3.05, 3.63) is 313 Å². The Morgan fingerprint density at radius 3 is 1.37 bits per heavy atom. The molecule has 1 aliphatic carbocycles. The predicted octanol–water partition coefficient (Wildman–Crippen LogP) is 17.7. The van der Waals surface area contributed by atoms with Crippen molar-refractivity contribution in [2.75, 3.05) is 0 Å². The van der Waals surface area contributed by atoms with Crippen LogP contribution in [-0.4, -0.2) is 19.5 Å². The molecule has 13 aromatic rings. The zero-order valence-corrected chi connectivity index (χ0v) is 41.7. The van der Waals surface area contributed by atoms with Gasteiger partial charge in [0.25, 0.3) is 0 Å². The Bertz CT molecular complexity index is 4080. The van der Waals surface area contributed by atoms with Crippen LogP contribution in [0.4, 0.5) is 0 Å². The van der Waals surface area contributed by atoms with Crippen molar-refractivity contribution in [2.45, 2.75) is 25.0 Å². The van der Waals surface area contributed by atoms with Crippen molar-refractivity contribution in [2.24, 2.45) is 0 Å². The normalized spacial score (nSPS) is 12.9. The number of para-hydroxylation sites is 1. The van der Waals surface area contributed by atoms with Crippen LogP contribution in [0.25, 0.3) is 72.8 Å². The summed E-state index contributed by atoms with van der Waals surface area (Å²) >= 11 is 0. The highest BCUT2D eigenvalue weighted by atomic mass is 32.3. The molecule has 0 fully saturated rings. The molecule has 2 heterocycles. The van der Waals surface area contributed by atoms with Crippen molar-refractivity contribution in [3.8, 4) is 51.0 Å². The van der Waals surface area contributed by atoms with Crippen LogP contribution in [0, 0.1) is 0 Å². The topological polar surface area (TPSA) is 43.6 Å². The maximum absolute atomic E-state index is 5.41. The van der Waals surface area contributed by atoms with E-state index in [2.05, 4.69) is 278 Å². The first-order valence-corrected chi connectivity index (χ1v) is 27.1. The Balaban J connectivity index is 0.962. The lowest BCUT2D eigenvalue weighted by molar-refractivity contribution is 0.769. The van der Waals surface area contributed by atoms with E-state index in [9.17, 15) is 0 Å². The first-order valence-electron chi connectivity index (χ1n) is 25.5. The summed E-state index contributed by atoms with van der Waals surface area (Å²) in [4.78, 5) is 20.9. The fourth-order valence-electron chi connectivity index (χ4n) is 11.9. The van der Waals surface area contributed by atoms with Gasteiger partial charge in [0, 0.05) is 52.7 Å². The monoisotopic (exact) mass is 976 g/mol. The Hall–Kier alpha value is -9.42. The smallest absolute Gasteiger partial charge is 0.164 e. The van der Waals surface area contributed by atoms with Gasteiger partial charge in [-0.25, -0.2) is 15.0 Å². The molecule has 5 heteroatoms. The van der Waals surface area contributed by atoms with Crippen molar-refractivity contribution in [1.82, 2.24) is 19.5 Å². The molecule has 4 nitrogen and oxygen atoms in total. The van der Waals surface area contributed by atoms with Gasteiger partial charge in [0.1, 0.15) is 0 Å². The van der Waals surface area contributed by atoms with E-state index in [0.717, 1.165) is 33.4 Å². The molecule has 0 bridgehead atoms. The van der Waals surface area contributed by atoms with Crippen molar-refractivity contribution >= 4 is 31.8 Å². The molecule has 0 atom stereocenters. The summed E-state index contributed by atoms with van der Waals surface area (Å²) < 4.78 is 2.42. The number of benzene rings is 11. The second-order valence-corrected chi connectivity index (χ2v) is 22.2. The van der Waals surface area contributed by atoms with Gasteiger partial charge in [-0.15, -0.1) is 10.0 Å². The molecule has 0 unspecified atom stereocenters. The third-order valence-electron chi connectivity index (χ3n) is 15.0. The average molecular weight is 977 g/mol. The molecule has 0 aliphatic heterocycles. The van der Waals surface area contributed by atoms with Crippen LogP contribution in [0.5, 0.6) is 0 Å². The van der Waals surface area contributed by atoms with Crippen LogP contribution in [-0.2, 0) is 5.41 Å². The first-order chi connectivity index (χ1) is 37.2. The summed E-state index contributed by atoms with van der Waals surface area (Å²) in [5, 5.41) is 2.44. The van der Waals surface area contributed by atoms with Crippen molar-refractivity contribution < 1.29 is 0 Å². The van der Waals surface area contributed by atoms with Crippen LogP contribution >= 0.6 is 10.0 Å². The third-order valence-corrected chi connectivity index (χ3v) is 18.9. The van der Waals surface area contributed by atoms with Gasteiger partial charge in [0.2, 0.25) is 0 Å². The van der Waals surface area contributed by atoms with E-state index in [4.69, 9.17) is 15.0 Å². The van der Waals surface area contributed by atoms with E-state index in [-0.39, 0.29) is 0 Å². The molecule has 14 rings (SSSR count). The third kappa shape index (κ3) is 7.04. The van der Waals surface area contributed by atoms with E-state index in [1.165, 1.54) is 63.7 Å². The highest BCUT2D eigenvalue weighted by Gasteiger charge is 2.47. The Kier molecular flexibility index (Phi) is 10.8. The molecule has 0 radical (unpaired) electrons. The second kappa shape index (κ2) is 18.3. The number of hydrogen-bond acceptors (Lipinski definition) is 3. The molecular weight excluding hydrogens is 929 g/mol. The van der Waals surface area contributed by atoms with Gasteiger partial charge in [-0.1, -0.05) is 218 Å². The van der Waals surface area contributed by atoms with Gasteiger partial charge >= 0.3 is 0 Å². The summed E-state index contributed by atoms with van der Waals surface area (Å²) in [6, 6.07) is 105. The Morgan fingerprint density at radius 1 is 0.320 bits per heavy atom. The standard InChI is InChI=1S/C70H48N4S/c1-7-25-49(26-8-1)67-71-68(73-69(72-67)51-28-24-40-58(48-51)75(55-34-13-4-14-35-55,56-36-15-5-16-37-56)57-38-17-6-18-39-57)50-27-23-33-54(47-50)74-63-44-22-20-42-60(63)66-64(74)46-45-62-65(66)59-41-19-21-43-61(59)70(62,52-29-9-2-10-30-52)53-31-11-3-12-32-53/h1-48H. The lowest BCUT2D eigenvalue weighted by atomic mass is 9.67. The molecule has 0 saturated heterocycles. The fraction of sp³-hybridized carbons (Fsp3) is 0.0143. The zero-order valence-electron chi connectivity index (χ0n) is 40.9. The van der Waals surface area contributed by atoms with E-state index >= 15 is 0 Å². The van der Waals surface area contributed by atoms with Gasteiger partial charge in [-0.2, -0.15) is 0 Å². The maximum Gasteiger partial charge on any atom is 0.164 e. The van der Waals surface area contributed by atoms with Crippen LogP contribution < -0.4 is 0 Å². The van der Waals surface area contributed by atoms with Gasteiger partial charge in [-0.05, 0) is 106 Å². The molecule has 0 N–H and O–H groups in total. The number of fused-ring (bicyclic) bond motifs is 7. The van der Waals surface area contributed by atoms with E-state index in [1.54, 1.807) is 0 Å². The van der Waals surface area contributed by atoms with E-state index in [0.29, 0.717) is 17.5 Å². The van der Waals surface area contributed by atoms with Crippen LogP contribution in [0.3, 0.4) is 0 Å². The van der Waals surface area contributed by atoms with Gasteiger partial charge < -0.3 is 4.57 Å². The number of nitrogens with zero attached hydrogens (tertiary/aromatic N) is 4. The second-order valence-electron chi connectivity index (χ2n) is 19.1. The Labute approximate surface area is 438 Å². The van der Waals surface area contributed by atoms with Gasteiger partial charge in [0.15, 0.2) is 17.5 Å². The predicted molar refractivity (Wildman–Crippen MR) is 308 cm³/mol. The van der Waals surface area contributed by atoms with E-state index < -0.39 is 15.4 Å². The molecule has 2 aromatic heterocycles. The summed E-state index contributed by atoms with van der Waals surface area (Å²) in [6.07, 6.45) is 0. The van der Waals surface area contributed by atoms with Gasteiger partial charge in [0.05, 0.1) is 16.4 Å². The number of hydrogen-bond donors (Lipinski definition) is 0. The quantitative estimate of drug-likeness (QED) is 0.137.